The normalized spacial score (nSPS) is 13.2. The Morgan fingerprint density at radius 1 is 1.21 bits per heavy atom. The monoisotopic (exact) mass is 435 g/mol. The zero-order chi connectivity index (χ0) is 20.8. The van der Waals surface area contributed by atoms with Crippen LogP contribution in [0, 0.1) is 0 Å². The lowest BCUT2D eigenvalue weighted by Crippen LogP contribution is -2.52. The van der Waals surface area contributed by atoms with E-state index in [1.54, 1.807) is 12.1 Å². The van der Waals surface area contributed by atoms with Gasteiger partial charge in [0.2, 0.25) is 0 Å². The fourth-order valence-electron chi connectivity index (χ4n) is 3.06. The molecule has 29 heavy (non-hydrogen) atoms. The molecule has 0 fully saturated rings. The van der Waals surface area contributed by atoms with Gasteiger partial charge in [0, 0.05) is 19.6 Å². The first-order chi connectivity index (χ1) is 14.0. The van der Waals surface area contributed by atoms with E-state index in [2.05, 4.69) is 15.6 Å². The summed E-state index contributed by atoms with van der Waals surface area (Å²) in [5, 5.41) is 6.42. The van der Waals surface area contributed by atoms with Crippen LogP contribution in [0.15, 0.2) is 42.5 Å². The summed E-state index contributed by atoms with van der Waals surface area (Å²) >= 11 is 7.36. The Balaban J connectivity index is 1.81. The number of carbonyl (C=O) groups excluding carboxylic acids is 2. The number of aromatic amines is 1. The minimum Gasteiger partial charge on any atom is -0.369 e. The van der Waals surface area contributed by atoms with E-state index in [0.29, 0.717) is 16.5 Å². The number of hydrogen-bond donors (Lipinski definition) is 3. The minimum atomic E-state index is -0.889. The number of fused-ring (bicyclic) bond motifs is 1. The third-order valence-electron chi connectivity index (χ3n) is 4.41. The highest BCUT2D eigenvalue weighted by atomic mass is 35.5. The molecule has 0 aliphatic heterocycles. The van der Waals surface area contributed by atoms with Crippen LogP contribution < -0.4 is 10.6 Å². The summed E-state index contributed by atoms with van der Waals surface area (Å²) in [5.74, 6) is -0.693. The predicted octanol–water partition coefficient (Wildman–Crippen LogP) is 2.96. The van der Waals surface area contributed by atoms with Gasteiger partial charge in [-0.05, 0) is 24.1 Å². The molecule has 3 rings (SSSR count). The summed E-state index contributed by atoms with van der Waals surface area (Å²) < 4.78 is 11.0. The average Bonchev–Trinajstić information content (AvgIpc) is 3.25. The molecular weight excluding hydrogens is 414 g/mol. The Morgan fingerprint density at radius 3 is 2.62 bits per heavy atom. The molecule has 2 unspecified atom stereocenters. The highest BCUT2D eigenvalue weighted by Gasteiger charge is 2.30. The molecule has 9 heteroatoms. The molecule has 2 atom stereocenters. The molecule has 154 valence electrons. The number of carbonyl (C=O) groups is 2. The quantitative estimate of drug-likeness (QED) is 0.450. The highest BCUT2D eigenvalue weighted by Crippen LogP contribution is 2.29. The van der Waals surface area contributed by atoms with Gasteiger partial charge in [0.25, 0.3) is 11.8 Å². The van der Waals surface area contributed by atoms with Crippen LogP contribution in [0.25, 0.3) is 10.2 Å². The number of rotatable bonds is 9. The third kappa shape index (κ3) is 5.36. The van der Waals surface area contributed by atoms with Crippen molar-refractivity contribution in [1.82, 2.24) is 15.6 Å². The van der Waals surface area contributed by atoms with Crippen LogP contribution in [0.4, 0.5) is 0 Å². The van der Waals surface area contributed by atoms with E-state index in [4.69, 9.17) is 21.1 Å². The van der Waals surface area contributed by atoms with Crippen molar-refractivity contribution in [3.05, 3.63) is 58.1 Å². The molecular formula is C20H22ClN3O4S. The molecule has 0 aliphatic rings. The van der Waals surface area contributed by atoms with Crippen molar-refractivity contribution in [3.8, 4) is 0 Å². The average molecular weight is 436 g/mol. The number of amides is 2. The molecule has 0 saturated carbocycles. The zero-order valence-electron chi connectivity index (χ0n) is 16.0. The van der Waals surface area contributed by atoms with Crippen molar-refractivity contribution in [1.29, 1.82) is 0 Å². The van der Waals surface area contributed by atoms with Crippen LogP contribution in [0.2, 0.25) is 4.34 Å². The molecule has 1 aromatic carbocycles. The molecule has 3 aromatic rings. The second kappa shape index (κ2) is 9.89. The van der Waals surface area contributed by atoms with Gasteiger partial charge in [0.15, 0.2) is 6.10 Å². The van der Waals surface area contributed by atoms with Crippen molar-refractivity contribution in [2.45, 2.75) is 18.6 Å². The largest absolute Gasteiger partial charge is 0.369 e. The molecule has 0 saturated heterocycles. The second-order valence-corrected chi connectivity index (χ2v) is 8.10. The van der Waals surface area contributed by atoms with E-state index in [9.17, 15) is 9.59 Å². The standard InChI is InChI=1S/C20H22ClN3O4S/c1-27-11-22-19(26)17(28-2)14(8-12-6-4-3-5-7-12)23-18(25)15-9-13-10-16(21)29-20(13)24-15/h3-7,9-10,14,17,24H,8,11H2,1-2H3,(H,22,26)(H,23,25). The van der Waals surface area contributed by atoms with Gasteiger partial charge in [-0.3, -0.25) is 9.59 Å². The maximum Gasteiger partial charge on any atom is 0.268 e. The Kier molecular flexibility index (Phi) is 7.27. The number of benzene rings is 1. The van der Waals surface area contributed by atoms with Crippen LogP contribution in [0.1, 0.15) is 16.1 Å². The van der Waals surface area contributed by atoms with Crippen LogP contribution in [-0.2, 0) is 20.7 Å². The lowest BCUT2D eigenvalue weighted by Gasteiger charge is -2.26. The second-order valence-electron chi connectivity index (χ2n) is 6.42. The number of nitrogens with one attached hydrogen (secondary N) is 3. The summed E-state index contributed by atoms with van der Waals surface area (Å²) in [6.45, 7) is 0.0539. The molecule has 0 spiro atoms. The van der Waals surface area contributed by atoms with E-state index in [1.165, 1.54) is 25.6 Å². The van der Waals surface area contributed by atoms with E-state index in [-0.39, 0.29) is 18.5 Å². The number of halogens is 1. The molecule has 7 nitrogen and oxygen atoms in total. The fourth-order valence-corrected chi connectivity index (χ4v) is 4.19. The SMILES string of the molecule is COCNC(=O)C(OC)C(Cc1ccccc1)NC(=O)c1cc2cc(Cl)sc2[nH]1. The first-order valence-corrected chi connectivity index (χ1v) is 10.1. The van der Waals surface area contributed by atoms with Gasteiger partial charge in [-0.25, -0.2) is 0 Å². The summed E-state index contributed by atoms with van der Waals surface area (Å²) in [7, 11) is 2.92. The Labute approximate surface area is 177 Å². The van der Waals surface area contributed by atoms with Crippen molar-refractivity contribution < 1.29 is 19.1 Å². The van der Waals surface area contributed by atoms with E-state index in [0.717, 1.165) is 15.8 Å². The lowest BCUT2D eigenvalue weighted by molar-refractivity contribution is -0.134. The fraction of sp³-hybridized carbons (Fsp3) is 0.300. The van der Waals surface area contributed by atoms with E-state index in [1.807, 2.05) is 30.3 Å². The first-order valence-electron chi connectivity index (χ1n) is 8.94. The highest BCUT2D eigenvalue weighted by molar-refractivity contribution is 7.22. The number of H-pyrrole nitrogens is 1. The lowest BCUT2D eigenvalue weighted by atomic mass is 10.00. The van der Waals surface area contributed by atoms with Gasteiger partial charge in [0.1, 0.15) is 17.3 Å². The van der Waals surface area contributed by atoms with Crippen LogP contribution in [0.5, 0.6) is 0 Å². The molecule has 3 N–H and O–H groups in total. The summed E-state index contributed by atoms with van der Waals surface area (Å²) in [6.07, 6.45) is -0.466. The van der Waals surface area contributed by atoms with Gasteiger partial charge in [-0.2, -0.15) is 0 Å². The smallest absolute Gasteiger partial charge is 0.268 e. The molecule has 2 amide bonds. The number of hydrogen-bond acceptors (Lipinski definition) is 5. The maximum absolute atomic E-state index is 12.9. The molecule has 2 heterocycles. The van der Waals surface area contributed by atoms with Crippen molar-refractivity contribution in [2.24, 2.45) is 0 Å². The van der Waals surface area contributed by atoms with Crippen LogP contribution >= 0.6 is 22.9 Å². The maximum atomic E-state index is 12.9. The van der Waals surface area contributed by atoms with Gasteiger partial charge < -0.3 is 25.1 Å². The number of ether oxygens (including phenoxy) is 2. The Hall–Kier alpha value is -2.39. The van der Waals surface area contributed by atoms with Gasteiger partial charge in [0.05, 0.1) is 10.4 Å². The summed E-state index contributed by atoms with van der Waals surface area (Å²) in [5.41, 5.74) is 1.37. The Morgan fingerprint density at radius 2 is 1.97 bits per heavy atom. The van der Waals surface area contributed by atoms with E-state index < -0.39 is 12.1 Å². The van der Waals surface area contributed by atoms with Gasteiger partial charge >= 0.3 is 0 Å². The van der Waals surface area contributed by atoms with Crippen LogP contribution in [0.3, 0.4) is 0 Å². The first kappa shape index (κ1) is 21.3. The molecule has 2 aromatic heterocycles. The van der Waals surface area contributed by atoms with Crippen LogP contribution in [-0.4, -0.2) is 49.9 Å². The van der Waals surface area contributed by atoms with Crippen molar-refractivity contribution in [3.63, 3.8) is 0 Å². The number of thiophene rings is 1. The molecule has 0 radical (unpaired) electrons. The topological polar surface area (TPSA) is 92.4 Å². The van der Waals surface area contributed by atoms with Crippen molar-refractivity contribution >= 4 is 45.0 Å². The zero-order valence-corrected chi connectivity index (χ0v) is 17.6. The van der Waals surface area contributed by atoms with Gasteiger partial charge in [-0.1, -0.05) is 41.9 Å². The number of methoxy groups -OCH3 is 2. The third-order valence-corrected chi connectivity index (χ3v) is 5.60. The molecule has 0 bridgehead atoms. The molecule has 0 aliphatic carbocycles. The van der Waals surface area contributed by atoms with E-state index >= 15 is 0 Å². The number of aromatic nitrogens is 1. The van der Waals surface area contributed by atoms with Gasteiger partial charge in [-0.15, -0.1) is 11.3 Å². The summed E-state index contributed by atoms with van der Waals surface area (Å²) in [6, 6.07) is 12.5. The Bertz CT molecular complexity index is 941. The predicted molar refractivity (Wildman–Crippen MR) is 113 cm³/mol. The minimum absolute atomic E-state index is 0.0539. The summed E-state index contributed by atoms with van der Waals surface area (Å²) in [4.78, 5) is 29.3. The van der Waals surface area contributed by atoms with Crippen molar-refractivity contribution in [2.75, 3.05) is 21.0 Å².